The van der Waals surface area contributed by atoms with E-state index < -0.39 is 0 Å². The molecule has 0 heterocycles. The molecule has 1 rings (SSSR count). The summed E-state index contributed by atoms with van der Waals surface area (Å²) in [6.45, 7) is 4.21. The van der Waals surface area contributed by atoms with Crippen LogP contribution in [0.4, 0.5) is 5.69 Å². The summed E-state index contributed by atoms with van der Waals surface area (Å²) < 4.78 is 0. The normalized spacial score (nSPS) is 13.5. The molecule has 0 aromatic heterocycles. The summed E-state index contributed by atoms with van der Waals surface area (Å²) in [7, 11) is 1.97. The summed E-state index contributed by atoms with van der Waals surface area (Å²) in [5.41, 5.74) is 7.20. The van der Waals surface area contributed by atoms with Crippen molar-refractivity contribution in [2.24, 2.45) is 10.9 Å². The lowest BCUT2D eigenvalue weighted by Gasteiger charge is -2.28. The fourth-order valence-electron chi connectivity index (χ4n) is 1.58. The first-order valence-corrected chi connectivity index (χ1v) is 5.89. The summed E-state index contributed by atoms with van der Waals surface area (Å²) in [4.78, 5) is 2.07. The molecule has 0 saturated heterocycles. The van der Waals surface area contributed by atoms with E-state index in [1.165, 1.54) is 0 Å². The second-order valence-electron chi connectivity index (χ2n) is 4.01. The van der Waals surface area contributed by atoms with E-state index in [0.29, 0.717) is 16.6 Å². The summed E-state index contributed by atoms with van der Waals surface area (Å²) in [6, 6.07) is 5.65. The predicted octanol–water partition coefficient (Wildman–Crippen LogP) is 2.67. The van der Waals surface area contributed by atoms with Crippen molar-refractivity contribution in [3.63, 3.8) is 0 Å². The van der Waals surface area contributed by atoms with Crippen molar-refractivity contribution in [1.82, 2.24) is 0 Å². The van der Waals surface area contributed by atoms with E-state index in [1.807, 2.05) is 13.1 Å². The van der Waals surface area contributed by atoms with Crippen LogP contribution in [0.25, 0.3) is 0 Å². The van der Waals surface area contributed by atoms with Gasteiger partial charge in [-0.25, -0.2) is 0 Å². The highest BCUT2D eigenvalue weighted by Gasteiger charge is 2.15. The maximum atomic E-state index is 8.77. The Hall–Kier alpha value is -1.42. The first kappa shape index (κ1) is 13.6. The third-order valence-electron chi connectivity index (χ3n) is 2.98. The lowest BCUT2D eigenvalue weighted by Crippen LogP contribution is -2.30. The molecule has 1 aromatic rings. The average Bonchev–Trinajstić information content (AvgIpc) is 2.35. The largest absolute Gasteiger partial charge is 0.409 e. The van der Waals surface area contributed by atoms with Crippen molar-refractivity contribution < 1.29 is 5.21 Å². The minimum Gasteiger partial charge on any atom is -0.409 e. The van der Waals surface area contributed by atoms with Gasteiger partial charge in [0.2, 0.25) is 0 Å². The molecule has 0 spiro atoms. The van der Waals surface area contributed by atoms with Crippen LogP contribution in [-0.4, -0.2) is 24.1 Å². The molecular formula is C12H18ClN3O. The van der Waals surface area contributed by atoms with Crippen molar-refractivity contribution in [3.8, 4) is 0 Å². The Morgan fingerprint density at radius 1 is 1.59 bits per heavy atom. The zero-order valence-corrected chi connectivity index (χ0v) is 11.1. The second-order valence-corrected chi connectivity index (χ2v) is 4.45. The number of hydrogen-bond donors (Lipinski definition) is 2. The molecule has 3 N–H and O–H groups in total. The minimum atomic E-state index is 0.0896. The molecule has 0 radical (unpaired) electrons. The number of hydrogen-bond acceptors (Lipinski definition) is 3. The van der Waals surface area contributed by atoms with E-state index >= 15 is 0 Å². The fourth-order valence-corrected chi connectivity index (χ4v) is 1.74. The zero-order chi connectivity index (χ0) is 13.0. The Kier molecular flexibility index (Phi) is 4.63. The van der Waals surface area contributed by atoms with Crippen LogP contribution in [0.15, 0.2) is 23.4 Å². The molecule has 4 nitrogen and oxygen atoms in total. The van der Waals surface area contributed by atoms with E-state index in [-0.39, 0.29) is 5.84 Å². The molecule has 0 aliphatic heterocycles. The molecule has 17 heavy (non-hydrogen) atoms. The molecule has 0 aliphatic carbocycles. The number of benzene rings is 1. The van der Waals surface area contributed by atoms with E-state index in [1.54, 1.807) is 12.1 Å². The van der Waals surface area contributed by atoms with Gasteiger partial charge in [-0.1, -0.05) is 23.7 Å². The van der Waals surface area contributed by atoms with Gasteiger partial charge in [0, 0.05) is 29.4 Å². The summed E-state index contributed by atoms with van der Waals surface area (Å²) in [6.07, 6.45) is 0.999. The van der Waals surface area contributed by atoms with E-state index in [0.717, 1.165) is 12.1 Å². The Labute approximate surface area is 107 Å². The van der Waals surface area contributed by atoms with E-state index in [4.69, 9.17) is 22.5 Å². The number of anilines is 1. The van der Waals surface area contributed by atoms with Gasteiger partial charge in [0.05, 0.1) is 0 Å². The molecule has 0 bridgehead atoms. The monoisotopic (exact) mass is 255 g/mol. The second kappa shape index (κ2) is 5.77. The number of nitrogens with zero attached hydrogens (tertiary/aromatic N) is 2. The van der Waals surface area contributed by atoms with Crippen molar-refractivity contribution in [2.75, 3.05) is 11.9 Å². The molecule has 0 amide bonds. The minimum absolute atomic E-state index is 0.0896. The molecule has 1 aromatic carbocycles. The Morgan fingerprint density at radius 2 is 2.24 bits per heavy atom. The van der Waals surface area contributed by atoms with Gasteiger partial charge < -0.3 is 15.8 Å². The molecule has 1 unspecified atom stereocenters. The van der Waals surface area contributed by atoms with Gasteiger partial charge in [-0.15, -0.1) is 0 Å². The van der Waals surface area contributed by atoms with Crippen LogP contribution in [0.1, 0.15) is 25.8 Å². The van der Waals surface area contributed by atoms with Crippen LogP contribution in [0.5, 0.6) is 0 Å². The summed E-state index contributed by atoms with van der Waals surface area (Å²) in [5, 5.41) is 12.4. The van der Waals surface area contributed by atoms with Crippen LogP contribution in [0, 0.1) is 0 Å². The highest BCUT2D eigenvalue weighted by Crippen LogP contribution is 2.26. The van der Waals surface area contributed by atoms with Gasteiger partial charge in [0.15, 0.2) is 5.84 Å². The van der Waals surface area contributed by atoms with Gasteiger partial charge in [-0.3, -0.25) is 0 Å². The number of oxime groups is 1. The average molecular weight is 256 g/mol. The third kappa shape index (κ3) is 3.03. The van der Waals surface area contributed by atoms with Gasteiger partial charge >= 0.3 is 0 Å². The molecule has 94 valence electrons. The molecule has 1 atom stereocenters. The smallest absolute Gasteiger partial charge is 0.172 e. The number of nitrogens with two attached hydrogens (primary N) is 1. The molecule has 0 saturated carbocycles. The van der Waals surface area contributed by atoms with Gasteiger partial charge in [0.25, 0.3) is 0 Å². The Morgan fingerprint density at radius 3 is 2.76 bits per heavy atom. The number of rotatable bonds is 4. The van der Waals surface area contributed by atoms with Crippen molar-refractivity contribution >= 4 is 23.1 Å². The predicted molar refractivity (Wildman–Crippen MR) is 72.1 cm³/mol. The van der Waals surface area contributed by atoms with E-state index in [2.05, 4.69) is 23.9 Å². The lowest BCUT2D eigenvalue weighted by molar-refractivity contribution is 0.318. The molecular weight excluding hydrogens is 238 g/mol. The van der Waals surface area contributed by atoms with Crippen LogP contribution < -0.4 is 10.6 Å². The topological polar surface area (TPSA) is 61.8 Å². The Balaban J connectivity index is 3.24. The van der Waals surface area contributed by atoms with Crippen molar-refractivity contribution in [3.05, 3.63) is 28.8 Å². The lowest BCUT2D eigenvalue weighted by atomic mass is 10.1. The first-order chi connectivity index (χ1) is 8.01. The van der Waals surface area contributed by atoms with Gasteiger partial charge in [-0.2, -0.15) is 0 Å². The highest BCUT2D eigenvalue weighted by atomic mass is 35.5. The van der Waals surface area contributed by atoms with Crippen molar-refractivity contribution in [2.45, 2.75) is 26.3 Å². The molecule has 0 aliphatic rings. The summed E-state index contributed by atoms with van der Waals surface area (Å²) in [5.74, 6) is 0.0896. The Bertz CT molecular complexity index is 420. The third-order valence-corrected chi connectivity index (χ3v) is 3.21. The highest BCUT2D eigenvalue weighted by molar-refractivity contribution is 6.31. The van der Waals surface area contributed by atoms with Crippen LogP contribution in [0.2, 0.25) is 5.02 Å². The summed E-state index contributed by atoms with van der Waals surface area (Å²) >= 11 is 5.99. The number of amidine groups is 1. The SMILES string of the molecule is CCC(C)N(C)c1cc(Cl)ccc1C(N)=NO. The van der Waals surface area contributed by atoms with Crippen LogP contribution >= 0.6 is 11.6 Å². The quantitative estimate of drug-likeness (QED) is 0.376. The van der Waals surface area contributed by atoms with Crippen LogP contribution in [-0.2, 0) is 0 Å². The number of halogens is 1. The fraction of sp³-hybridized carbons (Fsp3) is 0.417. The molecule has 5 heteroatoms. The maximum Gasteiger partial charge on any atom is 0.172 e. The van der Waals surface area contributed by atoms with Gasteiger partial charge in [-0.05, 0) is 31.5 Å². The van der Waals surface area contributed by atoms with Crippen LogP contribution in [0.3, 0.4) is 0 Å². The maximum absolute atomic E-state index is 8.77. The van der Waals surface area contributed by atoms with Gasteiger partial charge in [0.1, 0.15) is 0 Å². The zero-order valence-electron chi connectivity index (χ0n) is 10.3. The van der Waals surface area contributed by atoms with Crippen molar-refractivity contribution in [1.29, 1.82) is 0 Å². The van der Waals surface area contributed by atoms with E-state index in [9.17, 15) is 0 Å². The standard InChI is InChI=1S/C12H18ClN3O/c1-4-8(2)16(3)11-7-9(13)5-6-10(11)12(14)15-17/h5-8,17H,4H2,1-3H3,(H2,14,15). The first-order valence-electron chi connectivity index (χ1n) is 5.51. The molecule has 0 fully saturated rings.